The van der Waals surface area contributed by atoms with Gasteiger partial charge in [0.2, 0.25) is 0 Å². The van der Waals surface area contributed by atoms with Gasteiger partial charge in [-0.05, 0) is 42.8 Å². The van der Waals surface area contributed by atoms with Crippen LogP contribution in [0.3, 0.4) is 0 Å². The van der Waals surface area contributed by atoms with Gasteiger partial charge in [0.15, 0.2) is 0 Å². The summed E-state index contributed by atoms with van der Waals surface area (Å²) in [5, 5.41) is 2.94. The number of ether oxygens (including phenoxy) is 2. The summed E-state index contributed by atoms with van der Waals surface area (Å²) in [7, 11) is 1.23. The Morgan fingerprint density at radius 2 is 1.85 bits per heavy atom. The molecule has 0 fully saturated rings. The third-order valence-corrected chi connectivity index (χ3v) is 4.98. The summed E-state index contributed by atoms with van der Waals surface area (Å²) in [5.74, 6) is 5.26. The zero-order chi connectivity index (χ0) is 23.6. The number of rotatable bonds is 6. The molecule has 2 aromatic rings. The van der Waals surface area contributed by atoms with Crippen molar-refractivity contribution in [2.75, 3.05) is 7.11 Å². The fraction of sp³-hybridized carbons (Fsp3) is 0.167. The maximum Gasteiger partial charge on any atom is 0.329 e. The van der Waals surface area contributed by atoms with E-state index in [9.17, 15) is 9.59 Å². The lowest BCUT2D eigenvalue weighted by Crippen LogP contribution is -2.41. The number of aromatic nitrogens is 2. The van der Waals surface area contributed by atoms with E-state index >= 15 is 0 Å². The van der Waals surface area contributed by atoms with Crippen molar-refractivity contribution in [1.29, 1.82) is 0 Å². The highest BCUT2D eigenvalue weighted by Crippen LogP contribution is 2.24. The standard InChI is InChI=1S/C24H19Cl2N3O4/c1-32-23(31)20(29-22(30)21-18(25)9-4-10-19(21)26)11-3-7-16-6-2-8-17(13-12-16)33-24-27-14-5-15-28-24/h4-6,8-10,12-15,20H,2,11H2,1H3,(H,29,30). The summed E-state index contributed by atoms with van der Waals surface area (Å²) >= 11 is 12.2. The van der Waals surface area contributed by atoms with Crippen LogP contribution >= 0.6 is 23.2 Å². The number of halogens is 2. The highest BCUT2D eigenvalue weighted by atomic mass is 35.5. The zero-order valence-electron chi connectivity index (χ0n) is 17.5. The molecule has 168 valence electrons. The topological polar surface area (TPSA) is 90.4 Å². The molecule has 0 saturated carbocycles. The van der Waals surface area contributed by atoms with Crippen LogP contribution in [0.25, 0.3) is 0 Å². The molecule has 1 amide bonds. The Hall–Kier alpha value is -3.60. The lowest BCUT2D eigenvalue weighted by Gasteiger charge is -2.15. The zero-order valence-corrected chi connectivity index (χ0v) is 19.1. The third kappa shape index (κ3) is 6.94. The van der Waals surface area contributed by atoms with E-state index in [1.54, 1.807) is 36.7 Å². The summed E-state index contributed by atoms with van der Waals surface area (Å²) in [6.07, 6.45) is 11.1. The highest BCUT2D eigenvalue weighted by Gasteiger charge is 2.23. The largest absolute Gasteiger partial charge is 0.467 e. The molecule has 1 aliphatic carbocycles. The average Bonchev–Trinajstić information content (AvgIpc) is 3.03. The van der Waals surface area contributed by atoms with Crippen molar-refractivity contribution in [3.63, 3.8) is 0 Å². The number of nitrogens with zero attached hydrogens (tertiary/aromatic N) is 2. The van der Waals surface area contributed by atoms with Crippen LogP contribution in [0.2, 0.25) is 10.0 Å². The number of carbonyl (C=O) groups excluding carboxylic acids is 2. The van der Waals surface area contributed by atoms with Gasteiger partial charge in [-0.1, -0.05) is 47.2 Å². The van der Waals surface area contributed by atoms with Gasteiger partial charge in [-0.3, -0.25) is 4.79 Å². The molecule has 33 heavy (non-hydrogen) atoms. The second kappa shape index (κ2) is 11.9. The molecule has 9 heteroatoms. The monoisotopic (exact) mass is 483 g/mol. The fourth-order valence-electron chi connectivity index (χ4n) is 2.76. The normalized spacial score (nSPS) is 13.4. The van der Waals surface area contributed by atoms with Crippen LogP contribution in [0.4, 0.5) is 0 Å². The van der Waals surface area contributed by atoms with Gasteiger partial charge < -0.3 is 14.8 Å². The molecular formula is C24H19Cl2N3O4. The van der Waals surface area contributed by atoms with Gasteiger partial charge in [-0.25, -0.2) is 14.8 Å². The second-order valence-corrected chi connectivity index (χ2v) is 7.43. The Kier molecular flexibility index (Phi) is 8.64. The van der Waals surface area contributed by atoms with Crippen LogP contribution in [0, 0.1) is 11.8 Å². The molecule has 0 radical (unpaired) electrons. The Bertz CT molecular complexity index is 1160. The minimum atomic E-state index is -0.995. The second-order valence-electron chi connectivity index (χ2n) is 6.62. The molecule has 0 spiro atoms. The Morgan fingerprint density at radius 1 is 1.12 bits per heavy atom. The van der Waals surface area contributed by atoms with E-state index in [1.807, 2.05) is 12.2 Å². The van der Waals surface area contributed by atoms with Crippen molar-refractivity contribution >= 4 is 35.1 Å². The van der Waals surface area contributed by atoms with E-state index in [0.29, 0.717) is 12.2 Å². The Balaban J connectivity index is 1.65. The fourth-order valence-corrected chi connectivity index (χ4v) is 3.33. The van der Waals surface area contributed by atoms with Gasteiger partial charge in [0.05, 0.1) is 22.7 Å². The van der Waals surface area contributed by atoms with E-state index in [-0.39, 0.29) is 28.0 Å². The first-order valence-electron chi connectivity index (χ1n) is 9.82. The van der Waals surface area contributed by atoms with Crippen LogP contribution in [-0.4, -0.2) is 35.0 Å². The predicted octanol–water partition coefficient (Wildman–Crippen LogP) is 4.30. The summed E-state index contributed by atoms with van der Waals surface area (Å²) in [4.78, 5) is 32.8. The summed E-state index contributed by atoms with van der Waals surface area (Å²) in [5.41, 5.74) is 0.807. The number of benzene rings is 1. The molecule has 0 saturated heterocycles. The Morgan fingerprint density at radius 3 is 2.55 bits per heavy atom. The van der Waals surface area contributed by atoms with Crippen LogP contribution in [-0.2, 0) is 9.53 Å². The molecule has 1 aromatic carbocycles. The molecule has 1 unspecified atom stereocenters. The van der Waals surface area contributed by atoms with Gasteiger partial charge >= 0.3 is 12.0 Å². The first kappa shape index (κ1) is 24.1. The number of amides is 1. The number of hydrogen-bond donors (Lipinski definition) is 1. The van der Waals surface area contributed by atoms with E-state index < -0.39 is 17.9 Å². The quantitative estimate of drug-likeness (QED) is 0.486. The molecular weight excluding hydrogens is 465 g/mol. The van der Waals surface area contributed by atoms with Crippen LogP contribution in [0.5, 0.6) is 6.01 Å². The lowest BCUT2D eigenvalue weighted by molar-refractivity contribution is -0.142. The third-order valence-electron chi connectivity index (χ3n) is 4.35. The van der Waals surface area contributed by atoms with Crippen LogP contribution in [0.1, 0.15) is 23.2 Å². The minimum absolute atomic E-state index is 0.0281. The Labute approximate surface area is 201 Å². The van der Waals surface area contributed by atoms with Crippen molar-refractivity contribution in [2.24, 2.45) is 0 Å². The van der Waals surface area contributed by atoms with Crippen molar-refractivity contribution in [2.45, 2.75) is 18.9 Å². The molecule has 1 N–H and O–H groups in total. The smallest absolute Gasteiger partial charge is 0.329 e. The first-order valence-corrected chi connectivity index (χ1v) is 10.6. The number of carbonyl (C=O) groups is 2. The minimum Gasteiger partial charge on any atom is -0.467 e. The first-order chi connectivity index (χ1) is 16.0. The van der Waals surface area contributed by atoms with Crippen LogP contribution < -0.4 is 10.1 Å². The van der Waals surface area contributed by atoms with Crippen molar-refractivity contribution in [3.8, 4) is 17.9 Å². The number of hydrogen-bond acceptors (Lipinski definition) is 6. The van der Waals surface area contributed by atoms with Gasteiger partial charge in [0.25, 0.3) is 5.91 Å². The lowest BCUT2D eigenvalue weighted by atomic mass is 10.1. The van der Waals surface area contributed by atoms with Gasteiger partial charge in [-0.15, -0.1) is 0 Å². The SMILES string of the molecule is COC(=O)C(CC#CC1=CCC=C(Oc2ncccn2)C=C1)NC(=O)c1c(Cl)cccc1Cl. The van der Waals surface area contributed by atoms with Gasteiger partial charge in [-0.2, -0.15) is 0 Å². The summed E-state index contributed by atoms with van der Waals surface area (Å²) < 4.78 is 10.4. The highest BCUT2D eigenvalue weighted by molar-refractivity contribution is 6.39. The summed E-state index contributed by atoms with van der Waals surface area (Å²) in [6, 6.07) is 5.65. The maximum absolute atomic E-state index is 12.6. The van der Waals surface area contributed by atoms with E-state index in [1.165, 1.54) is 19.2 Å². The van der Waals surface area contributed by atoms with Gasteiger partial charge in [0, 0.05) is 24.4 Å². The molecule has 1 aliphatic rings. The van der Waals surface area contributed by atoms with E-state index in [0.717, 1.165) is 5.57 Å². The molecule has 1 atom stereocenters. The average molecular weight is 484 g/mol. The van der Waals surface area contributed by atoms with Crippen LogP contribution in [0.15, 0.2) is 72.3 Å². The molecule has 1 heterocycles. The van der Waals surface area contributed by atoms with Crippen molar-refractivity contribution in [1.82, 2.24) is 15.3 Å². The van der Waals surface area contributed by atoms with Crippen molar-refractivity contribution < 1.29 is 19.1 Å². The molecule has 1 aromatic heterocycles. The number of allylic oxidation sites excluding steroid dienone is 5. The van der Waals surface area contributed by atoms with Gasteiger partial charge in [0.1, 0.15) is 11.8 Å². The van der Waals surface area contributed by atoms with E-state index in [2.05, 4.69) is 27.1 Å². The maximum atomic E-state index is 12.6. The molecule has 3 rings (SSSR count). The van der Waals surface area contributed by atoms with E-state index in [4.69, 9.17) is 32.7 Å². The van der Waals surface area contributed by atoms with Crippen molar-refractivity contribution in [3.05, 3.63) is 87.9 Å². The number of methoxy groups -OCH3 is 1. The molecule has 7 nitrogen and oxygen atoms in total. The predicted molar refractivity (Wildman–Crippen MR) is 125 cm³/mol. The summed E-state index contributed by atoms with van der Waals surface area (Å²) in [6.45, 7) is 0. The number of nitrogens with one attached hydrogen (secondary N) is 1. The molecule has 0 bridgehead atoms. The molecule has 0 aliphatic heterocycles. The number of esters is 1.